The zero-order valence-corrected chi connectivity index (χ0v) is 12.9. The number of benzene rings is 1. The van der Waals surface area contributed by atoms with E-state index in [-0.39, 0.29) is 4.99 Å². The molecule has 0 bridgehead atoms. The lowest BCUT2D eigenvalue weighted by atomic mass is 10.2. The fraction of sp³-hybridized carbons (Fsp3) is 0. The molecule has 0 aliphatic heterocycles. The molecule has 0 aliphatic rings. The highest BCUT2D eigenvalue weighted by molar-refractivity contribution is 14.1. The van der Waals surface area contributed by atoms with Gasteiger partial charge in [-0.05, 0) is 52.9 Å². The van der Waals surface area contributed by atoms with Crippen molar-refractivity contribution in [3.05, 3.63) is 50.8 Å². The molecule has 2 rings (SSSR count). The van der Waals surface area contributed by atoms with Crippen molar-refractivity contribution in [2.75, 3.05) is 5.32 Å². The van der Waals surface area contributed by atoms with Crippen molar-refractivity contribution in [1.29, 1.82) is 0 Å². The minimum atomic E-state index is 0.271. The average molecular weight is 390 g/mol. The quantitative estimate of drug-likeness (QED) is 0.620. The van der Waals surface area contributed by atoms with Gasteiger partial charge in [0, 0.05) is 15.5 Å². The number of aromatic nitrogens is 1. The normalized spacial score (nSPS) is 10.1. The number of hydrogen-bond acceptors (Lipinski definition) is 3. The van der Waals surface area contributed by atoms with Crippen LogP contribution in [0.1, 0.15) is 5.69 Å². The number of nitrogens with one attached hydrogen (secondary N) is 1. The molecule has 0 amide bonds. The van der Waals surface area contributed by atoms with Gasteiger partial charge in [0.25, 0.3) is 0 Å². The van der Waals surface area contributed by atoms with Crippen LogP contribution in [-0.4, -0.2) is 9.97 Å². The van der Waals surface area contributed by atoms with Gasteiger partial charge < -0.3 is 11.1 Å². The number of hydrogen-bond donors (Lipinski definition) is 2. The van der Waals surface area contributed by atoms with Gasteiger partial charge in [-0.3, -0.25) is 4.98 Å². The minimum absolute atomic E-state index is 0.271. The molecular weight excluding hydrogens is 381 g/mol. The van der Waals surface area contributed by atoms with E-state index in [4.69, 9.17) is 29.6 Å². The van der Waals surface area contributed by atoms with Crippen LogP contribution >= 0.6 is 46.4 Å². The van der Waals surface area contributed by atoms with Gasteiger partial charge in [0.05, 0.1) is 16.4 Å². The molecule has 0 atom stereocenters. The lowest BCUT2D eigenvalue weighted by Gasteiger charge is -2.09. The van der Waals surface area contributed by atoms with E-state index in [1.165, 1.54) is 0 Å². The van der Waals surface area contributed by atoms with Crippen molar-refractivity contribution in [2.24, 2.45) is 5.73 Å². The van der Waals surface area contributed by atoms with Crippen molar-refractivity contribution < 1.29 is 0 Å². The summed E-state index contributed by atoms with van der Waals surface area (Å²) in [4.78, 5) is 4.35. The number of thiocarbonyl (C=S) groups is 1. The molecule has 0 fully saturated rings. The largest absolute Gasteiger partial charge is 0.388 e. The maximum absolute atomic E-state index is 6.15. The summed E-state index contributed by atoms with van der Waals surface area (Å²) in [5, 5.41) is 3.87. The zero-order valence-electron chi connectivity index (χ0n) is 9.15. The molecule has 1 heterocycles. The maximum Gasteiger partial charge on any atom is 0.122 e. The second-order valence-corrected chi connectivity index (χ2v) is 5.64. The highest BCUT2D eigenvalue weighted by Crippen LogP contribution is 2.27. The van der Waals surface area contributed by atoms with Gasteiger partial charge in [-0.1, -0.05) is 23.8 Å². The van der Waals surface area contributed by atoms with Crippen molar-refractivity contribution in [2.45, 2.75) is 0 Å². The molecule has 0 unspecified atom stereocenters. The number of pyridine rings is 1. The second-order valence-electron chi connectivity index (χ2n) is 3.54. The highest BCUT2D eigenvalue weighted by atomic mass is 127. The van der Waals surface area contributed by atoms with Gasteiger partial charge >= 0.3 is 0 Å². The Morgan fingerprint density at radius 3 is 2.78 bits per heavy atom. The maximum atomic E-state index is 6.15. The molecule has 0 saturated carbocycles. The van der Waals surface area contributed by atoms with Crippen LogP contribution in [0.5, 0.6) is 0 Å². The van der Waals surface area contributed by atoms with Crippen LogP contribution in [0.2, 0.25) is 5.02 Å². The zero-order chi connectivity index (χ0) is 13.1. The van der Waals surface area contributed by atoms with Gasteiger partial charge in [0.1, 0.15) is 4.99 Å². The predicted molar refractivity (Wildman–Crippen MR) is 87.6 cm³/mol. The third-order valence-corrected chi connectivity index (χ3v) is 3.42. The molecule has 0 saturated heterocycles. The van der Waals surface area contributed by atoms with E-state index in [1.54, 1.807) is 12.3 Å². The third-order valence-electron chi connectivity index (χ3n) is 2.22. The first-order valence-corrected chi connectivity index (χ1v) is 6.90. The van der Waals surface area contributed by atoms with E-state index in [0.717, 1.165) is 14.9 Å². The van der Waals surface area contributed by atoms with Crippen LogP contribution in [-0.2, 0) is 0 Å². The third kappa shape index (κ3) is 3.30. The van der Waals surface area contributed by atoms with Crippen molar-refractivity contribution in [1.82, 2.24) is 4.98 Å². The lowest BCUT2D eigenvalue weighted by molar-refractivity contribution is 1.29. The summed E-state index contributed by atoms with van der Waals surface area (Å²) in [6, 6.07) is 9.40. The van der Waals surface area contributed by atoms with Crippen molar-refractivity contribution in [3.8, 4) is 0 Å². The fourth-order valence-electron chi connectivity index (χ4n) is 1.39. The second kappa shape index (κ2) is 5.81. The average Bonchev–Trinajstić information content (AvgIpc) is 2.33. The number of halogens is 2. The smallest absolute Gasteiger partial charge is 0.122 e. The van der Waals surface area contributed by atoms with E-state index in [0.29, 0.717) is 10.7 Å². The first kappa shape index (κ1) is 13.5. The SMILES string of the molecule is NC(=S)c1cc(Nc2ccc(I)cc2Cl)ccn1. The van der Waals surface area contributed by atoms with Gasteiger partial charge in [-0.15, -0.1) is 0 Å². The Kier molecular flexibility index (Phi) is 4.36. The Labute approximate surface area is 129 Å². The molecule has 0 aliphatic carbocycles. The summed E-state index contributed by atoms with van der Waals surface area (Å²) in [5.41, 5.74) is 7.79. The Balaban J connectivity index is 2.28. The van der Waals surface area contributed by atoms with Crippen LogP contribution < -0.4 is 11.1 Å². The number of nitrogens with zero attached hydrogens (tertiary/aromatic N) is 1. The summed E-state index contributed by atoms with van der Waals surface area (Å²) in [7, 11) is 0. The molecule has 1 aromatic carbocycles. The van der Waals surface area contributed by atoms with E-state index >= 15 is 0 Å². The molecule has 3 nitrogen and oxygen atoms in total. The van der Waals surface area contributed by atoms with Crippen molar-refractivity contribution >= 4 is 62.8 Å². The summed E-state index contributed by atoms with van der Waals surface area (Å²) >= 11 is 13.2. The summed E-state index contributed by atoms with van der Waals surface area (Å²) in [6.45, 7) is 0. The van der Waals surface area contributed by atoms with Crippen LogP contribution in [0.3, 0.4) is 0 Å². The topological polar surface area (TPSA) is 50.9 Å². The van der Waals surface area contributed by atoms with Crippen LogP contribution in [0, 0.1) is 3.57 Å². The minimum Gasteiger partial charge on any atom is -0.388 e. The molecule has 1 aromatic heterocycles. The Morgan fingerprint density at radius 1 is 1.33 bits per heavy atom. The Morgan fingerprint density at radius 2 is 2.11 bits per heavy atom. The molecule has 2 aromatic rings. The molecule has 0 spiro atoms. The van der Waals surface area contributed by atoms with E-state index in [2.05, 4.69) is 32.9 Å². The van der Waals surface area contributed by atoms with E-state index < -0.39 is 0 Å². The van der Waals surface area contributed by atoms with E-state index in [9.17, 15) is 0 Å². The van der Waals surface area contributed by atoms with Gasteiger partial charge in [0.15, 0.2) is 0 Å². The fourth-order valence-corrected chi connectivity index (χ4v) is 2.40. The summed E-state index contributed by atoms with van der Waals surface area (Å²) in [5.74, 6) is 0. The molecule has 18 heavy (non-hydrogen) atoms. The molecule has 6 heteroatoms. The van der Waals surface area contributed by atoms with Crippen molar-refractivity contribution in [3.63, 3.8) is 0 Å². The monoisotopic (exact) mass is 389 g/mol. The first-order chi connectivity index (χ1) is 8.56. The van der Waals surface area contributed by atoms with E-state index in [1.807, 2.05) is 24.3 Å². The van der Waals surface area contributed by atoms with Crippen LogP contribution in [0.25, 0.3) is 0 Å². The molecule has 92 valence electrons. The molecular formula is C12H9ClIN3S. The Bertz CT molecular complexity index is 604. The van der Waals surface area contributed by atoms with Gasteiger partial charge in [-0.25, -0.2) is 0 Å². The lowest BCUT2D eigenvalue weighted by Crippen LogP contribution is -2.11. The molecule has 0 radical (unpaired) electrons. The standard InChI is InChI=1S/C12H9ClIN3S/c13-9-5-7(14)1-2-10(9)17-8-3-4-16-11(6-8)12(15)18/h1-6H,(H2,15,18)(H,16,17). The number of nitrogens with two attached hydrogens (primary N) is 1. The van der Waals surface area contributed by atoms with Gasteiger partial charge in [-0.2, -0.15) is 0 Å². The number of rotatable bonds is 3. The van der Waals surface area contributed by atoms with Crippen LogP contribution in [0.15, 0.2) is 36.5 Å². The number of anilines is 2. The highest BCUT2D eigenvalue weighted by Gasteiger charge is 2.03. The predicted octanol–water partition coefficient (Wildman–Crippen LogP) is 3.72. The Hall–Kier alpha value is -0.920. The molecule has 3 N–H and O–H groups in total. The summed E-state index contributed by atoms with van der Waals surface area (Å²) < 4.78 is 1.08. The van der Waals surface area contributed by atoms with Crippen LogP contribution in [0.4, 0.5) is 11.4 Å². The van der Waals surface area contributed by atoms with Gasteiger partial charge in [0.2, 0.25) is 0 Å². The summed E-state index contributed by atoms with van der Waals surface area (Å²) in [6.07, 6.45) is 1.65. The first-order valence-electron chi connectivity index (χ1n) is 5.04.